The third-order valence-electron chi connectivity index (χ3n) is 4.15. The number of aliphatic carboxylic acids is 1. The monoisotopic (exact) mass is 386 g/mol. The number of hydrogen-bond acceptors (Lipinski definition) is 6. The van der Waals surface area contributed by atoms with Gasteiger partial charge in [0, 0.05) is 19.2 Å². The van der Waals surface area contributed by atoms with Gasteiger partial charge in [0.2, 0.25) is 0 Å². The number of carboxylic acids is 1. The Kier molecular flexibility index (Phi) is 8.58. The van der Waals surface area contributed by atoms with E-state index in [9.17, 15) is 9.90 Å². The maximum absolute atomic E-state index is 11.2. The molecule has 0 radical (unpaired) electrons. The Morgan fingerprint density at radius 2 is 1.86 bits per heavy atom. The number of rotatable bonds is 11. The smallest absolute Gasteiger partial charge is 0.333 e. The lowest BCUT2D eigenvalue weighted by molar-refractivity contribution is -0.149. The van der Waals surface area contributed by atoms with Gasteiger partial charge >= 0.3 is 5.97 Å². The van der Waals surface area contributed by atoms with Crippen LogP contribution < -0.4 is 4.74 Å². The molecule has 0 aliphatic carbocycles. The van der Waals surface area contributed by atoms with Crippen molar-refractivity contribution >= 4 is 11.7 Å². The Hall–Kier alpha value is -2.77. The summed E-state index contributed by atoms with van der Waals surface area (Å²) in [4.78, 5) is 19.6. The van der Waals surface area contributed by atoms with E-state index in [1.165, 1.54) is 0 Å². The zero-order valence-corrected chi connectivity index (χ0v) is 16.2. The molecule has 0 spiro atoms. The average Bonchev–Trinajstić information content (AvgIpc) is 2.72. The van der Waals surface area contributed by atoms with Crippen molar-refractivity contribution in [1.29, 1.82) is 0 Å². The third-order valence-corrected chi connectivity index (χ3v) is 4.15. The van der Waals surface area contributed by atoms with E-state index in [0.717, 1.165) is 17.5 Å². The summed E-state index contributed by atoms with van der Waals surface area (Å²) in [6, 6.07) is 11.0. The molecule has 1 atom stereocenters. The maximum Gasteiger partial charge on any atom is 0.333 e. The number of aliphatic hydroxyl groups excluding tert-OH is 1. The quantitative estimate of drug-likeness (QED) is 0.576. The van der Waals surface area contributed by atoms with E-state index in [1.807, 2.05) is 12.1 Å². The summed E-state index contributed by atoms with van der Waals surface area (Å²) in [5.74, 6) is -0.364. The molecule has 0 amide bonds. The predicted octanol–water partition coefficient (Wildman–Crippen LogP) is 2.49. The van der Waals surface area contributed by atoms with Crippen LogP contribution in [0.15, 0.2) is 47.6 Å². The van der Waals surface area contributed by atoms with E-state index in [2.05, 4.69) is 16.9 Å². The highest BCUT2D eigenvalue weighted by atomic mass is 16.5. The van der Waals surface area contributed by atoms with E-state index in [1.54, 1.807) is 37.4 Å². The van der Waals surface area contributed by atoms with Crippen LogP contribution in [0.1, 0.15) is 30.7 Å². The van der Waals surface area contributed by atoms with E-state index in [4.69, 9.17) is 14.6 Å². The van der Waals surface area contributed by atoms with Crippen LogP contribution >= 0.6 is 0 Å². The molecule has 150 valence electrons. The summed E-state index contributed by atoms with van der Waals surface area (Å²) in [5, 5.41) is 18.3. The Labute approximate surface area is 164 Å². The fraction of sp³-hybridized carbons (Fsp3) is 0.381. The lowest BCUT2D eigenvalue weighted by Gasteiger charge is -2.13. The van der Waals surface area contributed by atoms with Crippen LogP contribution in [0.5, 0.6) is 5.75 Å². The number of ether oxygens (including phenoxy) is 2. The molecule has 0 aliphatic rings. The number of carbonyl (C=O) groups is 1. The predicted molar refractivity (Wildman–Crippen MR) is 106 cm³/mol. The van der Waals surface area contributed by atoms with Crippen molar-refractivity contribution in [1.82, 2.24) is 4.98 Å². The number of aryl methyl sites for hydroxylation is 1. The molecule has 0 saturated carbocycles. The number of benzene rings is 1. The minimum Gasteiger partial charge on any atom is -0.487 e. The molecule has 7 nitrogen and oxygen atoms in total. The third kappa shape index (κ3) is 6.44. The van der Waals surface area contributed by atoms with Crippen LogP contribution in [-0.2, 0) is 22.4 Å². The molecule has 2 aromatic rings. The maximum atomic E-state index is 11.2. The van der Waals surface area contributed by atoms with Gasteiger partial charge in [-0.3, -0.25) is 9.98 Å². The van der Waals surface area contributed by atoms with E-state index < -0.39 is 12.1 Å². The molecular formula is C21H26N2O5. The minimum atomic E-state index is -0.978. The number of carboxylic acid groups (broad SMARTS) is 1. The highest BCUT2D eigenvalue weighted by Crippen LogP contribution is 2.15. The molecular weight excluding hydrogens is 360 g/mol. The Morgan fingerprint density at radius 3 is 2.39 bits per heavy atom. The van der Waals surface area contributed by atoms with Gasteiger partial charge in [0.15, 0.2) is 6.10 Å². The molecule has 7 heteroatoms. The summed E-state index contributed by atoms with van der Waals surface area (Å²) < 4.78 is 11.0. The van der Waals surface area contributed by atoms with Gasteiger partial charge in [-0.2, -0.15) is 0 Å². The highest BCUT2D eigenvalue weighted by molar-refractivity contribution is 6.00. The van der Waals surface area contributed by atoms with Crippen molar-refractivity contribution in [3.8, 4) is 5.75 Å². The van der Waals surface area contributed by atoms with Gasteiger partial charge < -0.3 is 19.7 Å². The van der Waals surface area contributed by atoms with Gasteiger partial charge in [0.05, 0.1) is 5.69 Å². The summed E-state index contributed by atoms with van der Waals surface area (Å²) in [5.41, 5.74) is 3.17. The van der Waals surface area contributed by atoms with Crippen molar-refractivity contribution in [2.24, 2.45) is 4.99 Å². The Bertz CT molecular complexity index is 772. The molecule has 2 rings (SSSR count). The highest BCUT2D eigenvalue weighted by Gasteiger charge is 2.17. The van der Waals surface area contributed by atoms with Crippen LogP contribution in [0.2, 0.25) is 0 Å². The molecule has 1 unspecified atom stereocenters. The second-order valence-electron chi connectivity index (χ2n) is 6.07. The first-order chi connectivity index (χ1) is 13.6. The van der Waals surface area contributed by atoms with Gasteiger partial charge in [-0.15, -0.1) is 0 Å². The zero-order valence-electron chi connectivity index (χ0n) is 16.2. The van der Waals surface area contributed by atoms with E-state index >= 15 is 0 Å². The fourth-order valence-electron chi connectivity index (χ4n) is 2.60. The Morgan fingerprint density at radius 1 is 1.14 bits per heavy atom. The number of aliphatic hydroxyl groups is 1. The number of aliphatic imine (C=N–C) groups is 1. The first kappa shape index (κ1) is 21.5. The topological polar surface area (TPSA) is 101 Å². The molecule has 1 aromatic carbocycles. The SMILES string of the molecule is CCOC(Cc1ccc(OCC(=NCO)c2ccc(CC)cn2)cc1)C(=O)O. The van der Waals surface area contributed by atoms with Crippen molar-refractivity contribution in [3.63, 3.8) is 0 Å². The van der Waals surface area contributed by atoms with Crippen molar-refractivity contribution < 1.29 is 24.5 Å². The Balaban J connectivity index is 1.99. The van der Waals surface area contributed by atoms with Gasteiger partial charge in [-0.05, 0) is 42.7 Å². The second-order valence-corrected chi connectivity index (χ2v) is 6.07. The van der Waals surface area contributed by atoms with Crippen LogP contribution in [0, 0.1) is 0 Å². The summed E-state index contributed by atoms with van der Waals surface area (Å²) in [7, 11) is 0. The minimum absolute atomic E-state index is 0.162. The molecule has 1 aromatic heterocycles. The molecule has 1 heterocycles. The number of aromatic nitrogens is 1. The van der Waals surface area contributed by atoms with Crippen molar-refractivity contribution in [2.45, 2.75) is 32.8 Å². The number of nitrogens with zero attached hydrogens (tertiary/aromatic N) is 2. The molecule has 0 bridgehead atoms. The summed E-state index contributed by atoms with van der Waals surface area (Å²) in [6.45, 7) is 3.98. The first-order valence-corrected chi connectivity index (χ1v) is 9.23. The van der Waals surface area contributed by atoms with Crippen molar-refractivity contribution in [2.75, 3.05) is 19.9 Å². The average molecular weight is 386 g/mol. The second kappa shape index (κ2) is 11.2. The van der Waals surface area contributed by atoms with Crippen LogP contribution in [0.4, 0.5) is 0 Å². The largest absolute Gasteiger partial charge is 0.487 e. The lowest BCUT2D eigenvalue weighted by atomic mass is 10.1. The van der Waals surface area contributed by atoms with Gasteiger partial charge in [0.1, 0.15) is 24.8 Å². The molecule has 0 saturated heterocycles. The van der Waals surface area contributed by atoms with E-state index in [-0.39, 0.29) is 19.8 Å². The van der Waals surface area contributed by atoms with Crippen LogP contribution in [-0.4, -0.2) is 52.9 Å². The number of hydrogen-bond donors (Lipinski definition) is 2. The van der Waals surface area contributed by atoms with Gasteiger partial charge in [-0.25, -0.2) is 4.79 Å². The first-order valence-electron chi connectivity index (χ1n) is 9.23. The fourth-order valence-corrected chi connectivity index (χ4v) is 2.60. The van der Waals surface area contributed by atoms with Gasteiger partial charge in [0.25, 0.3) is 0 Å². The molecule has 0 aliphatic heterocycles. The standard InChI is InChI=1S/C21H26N2O5/c1-3-15-7-10-18(22-12-15)19(23-14-24)13-28-17-8-5-16(6-9-17)11-20(21(25)26)27-4-2/h5-10,12,20,24H,3-4,11,13-14H2,1-2H3,(H,25,26). The zero-order chi connectivity index (χ0) is 20.4. The molecule has 28 heavy (non-hydrogen) atoms. The van der Waals surface area contributed by atoms with Crippen LogP contribution in [0.25, 0.3) is 0 Å². The molecule has 0 fully saturated rings. The normalized spacial score (nSPS) is 12.6. The van der Waals surface area contributed by atoms with Crippen molar-refractivity contribution in [3.05, 3.63) is 59.4 Å². The number of pyridine rings is 1. The summed E-state index contributed by atoms with van der Waals surface area (Å²) in [6.07, 6.45) is 2.11. The molecule has 2 N–H and O–H groups in total. The summed E-state index contributed by atoms with van der Waals surface area (Å²) >= 11 is 0. The lowest BCUT2D eigenvalue weighted by Crippen LogP contribution is -2.26. The van der Waals surface area contributed by atoms with Crippen LogP contribution in [0.3, 0.4) is 0 Å². The van der Waals surface area contributed by atoms with Gasteiger partial charge in [-0.1, -0.05) is 25.1 Å². The van der Waals surface area contributed by atoms with E-state index in [0.29, 0.717) is 23.8 Å².